The molecule has 0 radical (unpaired) electrons. The van der Waals surface area contributed by atoms with Gasteiger partial charge in [-0.05, 0) is 38.1 Å². The van der Waals surface area contributed by atoms with Gasteiger partial charge < -0.3 is 15.4 Å². The van der Waals surface area contributed by atoms with E-state index in [9.17, 15) is 9.59 Å². The van der Waals surface area contributed by atoms with Gasteiger partial charge in [0.1, 0.15) is 5.75 Å². The lowest BCUT2D eigenvalue weighted by Crippen LogP contribution is -2.31. The van der Waals surface area contributed by atoms with Crippen LogP contribution in [-0.2, 0) is 4.79 Å². The molecular formula is C19H22N2O3S. The van der Waals surface area contributed by atoms with Crippen LogP contribution in [0, 0.1) is 0 Å². The molecule has 0 saturated heterocycles. The largest absolute Gasteiger partial charge is 0.495 e. The van der Waals surface area contributed by atoms with Gasteiger partial charge in [0.15, 0.2) is 0 Å². The van der Waals surface area contributed by atoms with Gasteiger partial charge in [0, 0.05) is 10.9 Å². The summed E-state index contributed by atoms with van der Waals surface area (Å²) < 4.78 is 5.26. The average molecular weight is 358 g/mol. The van der Waals surface area contributed by atoms with E-state index in [4.69, 9.17) is 4.74 Å². The number of nitrogens with one attached hydrogen (secondary N) is 2. The first-order valence-electron chi connectivity index (χ1n) is 7.97. The molecule has 0 aliphatic heterocycles. The molecule has 0 aromatic heterocycles. The molecule has 0 atom stereocenters. The lowest BCUT2D eigenvalue weighted by atomic mass is 10.2. The van der Waals surface area contributed by atoms with Crippen LogP contribution < -0.4 is 15.4 Å². The summed E-state index contributed by atoms with van der Waals surface area (Å²) in [6.45, 7) is 3.83. The molecule has 2 amide bonds. The predicted molar refractivity (Wildman–Crippen MR) is 101 cm³/mol. The number of rotatable bonds is 7. The van der Waals surface area contributed by atoms with E-state index in [0.717, 1.165) is 4.90 Å². The van der Waals surface area contributed by atoms with Crippen LogP contribution in [0.15, 0.2) is 53.4 Å². The Morgan fingerprint density at radius 2 is 1.76 bits per heavy atom. The standard InChI is InChI=1S/C19H22N2O3S/c1-13(2)20-18(22)12-25-17-11-7-4-8-14(17)19(23)21-15-9-5-6-10-16(15)24-3/h4-11,13H,12H2,1-3H3,(H,20,22)(H,21,23). The molecule has 0 fully saturated rings. The highest BCUT2D eigenvalue weighted by Gasteiger charge is 2.14. The molecule has 2 aromatic carbocycles. The Hall–Kier alpha value is -2.47. The summed E-state index contributed by atoms with van der Waals surface area (Å²) in [6, 6.07) is 14.6. The fourth-order valence-electron chi connectivity index (χ4n) is 2.22. The van der Waals surface area contributed by atoms with Crippen LogP contribution in [0.3, 0.4) is 0 Å². The summed E-state index contributed by atoms with van der Waals surface area (Å²) in [5.74, 6) is 0.561. The monoisotopic (exact) mass is 358 g/mol. The lowest BCUT2D eigenvalue weighted by Gasteiger charge is -2.13. The van der Waals surface area contributed by atoms with Crippen molar-refractivity contribution in [3.63, 3.8) is 0 Å². The molecular weight excluding hydrogens is 336 g/mol. The minimum atomic E-state index is -0.239. The Bertz CT molecular complexity index is 747. The van der Waals surface area contributed by atoms with Gasteiger partial charge in [-0.25, -0.2) is 0 Å². The van der Waals surface area contributed by atoms with Gasteiger partial charge in [0.05, 0.1) is 24.1 Å². The molecule has 0 heterocycles. The fourth-order valence-corrected chi connectivity index (χ4v) is 3.09. The van der Waals surface area contributed by atoms with Crippen LogP contribution in [0.4, 0.5) is 5.69 Å². The molecule has 2 aromatic rings. The van der Waals surface area contributed by atoms with Crippen LogP contribution in [0.5, 0.6) is 5.75 Å². The minimum absolute atomic E-state index is 0.0556. The number of amides is 2. The van der Waals surface area contributed by atoms with Crippen LogP contribution in [0.1, 0.15) is 24.2 Å². The van der Waals surface area contributed by atoms with Crippen molar-refractivity contribution in [2.24, 2.45) is 0 Å². The van der Waals surface area contributed by atoms with Crippen molar-refractivity contribution in [3.05, 3.63) is 54.1 Å². The normalized spacial score (nSPS) is 10.4. The predicted octanol–water partition coefficient (Wildman–Crippen LogP) is 3.56. The number of thioether (sulfide) groups is 1. The maximum atomic E-state index is 12.6. The average Bonchev–Trinajstić information content (AvgIpc) is 2.60. The Kier molecular flexibility index (Phi) is 6.89. The first-order chi connectivity index (χ1) is 12.0. The van der Waals surface area contributed by atoms with Crippen LogP contribution in [0.25, 0.3) is 0 Å². The molecule has 6 heteroatoms. The third-order valence-corrected chi connectivity index (χ3v) is 4.37. The second kappa shape index (κ2) is 9.13. The van der Waals surface area contributed by atoms with Gasteiger partial charge >= 0.3 is 0 Å². The zero-order valence-corrected chi connectivity index (χ0v) is 15.4. The molecule has 0 unspecified atom stereocenters. The first-order valence-corrected chi connectivity index (χ1v) is 8.95. The highest BCUT2D eigenvalue weighted by molar-refractivity contribution is 8.00. The third kappa shape index (κ3) is 5.53. The van der Waals surface area contributed by atoms with Crippen molar-refractivity contribution in [2.75, 3.05) is 18.2 Å². The summed E-state index contributed by atoms with van der Waals surface area (Å²) in [6.07, 6.45) is 0. The number of benzene rings is 2. The lowest BCUT2D eigenvalue weighted by molar-refractivity contribution is -0.119. The minimum Gasteiger partial charge on any atom is -0.495 e. The van der Waals surface area contributed by atoms with Crippen LogP contribution >= 0.6 is 11.8 Å². The summed E-state index contributed by atoms with van der Waals surface area (Å²) in [5, 5.41) is 5.70. The van der Waals surface area contributed by atoms with Crippen molar-refractivity contribution in [1.82, 2.24) is 5.32 Å². The molecule has 0 spiro atoms. The van der Waals surface area contributed by atoms with E-state index in [0.29, 0.717) is 17.0 Å². The molecule has 0 bridgehead atoms. The molecule has 132 valence electrons. The van der Waals surface area contributed by atoms with Gasteiger partial charge in [-0.2, -0.15) is 0 Å². The Labute approximate surface area is 152 Å². The Morgan fingerprint density at radius 3 is 2.48 bits per heavy atom. The second-order valence-corrected chi connectivity index (χ2v) is 6.68. The first kappa shape index (κ1) is 18.9. The number of carbonyl (C=O) groups is 2. The smallest absolute Gasteiger partial charge is 0.256 e. The summed E-state index contributed by atoms with van der Waals surface area (Å²) >= 11 is 1.34. The molecule has 25 heavy (non-hydrogen) atoms. The van der Waals surface area contributed by atoms with Gasteiger partial charge in [0.25, 0.3) is 5.91 Å². The van der Waals surface area contributed by atoms with E-state index in [-0.39, 0.29) is 23.6 Å². The van der Waals surface area contributed by atoms with Gasteiger partial charge in [-0.15, -0.1) is 11.8 Å². The van der Waals surface area contributed by atoms with E-state index >= 15 is 0 Å². The molecule has 5 nitrogen and oxygen atoms in total. The van der Waals surface area contributed by atoms with E-state index in [1.165, 1.54) is 11.8 Å². The third-order valence-electron chi connectivity index (χ3n) is 3.30. The molecule has 2 N–H and O–H groups in total. The van der Waals surface area contributed by atoms with E-state index in [1.54, 1.807) is 31.4 Å². The van der Waals surface area contributed by atoms with Crippen molar-refractivity contribution in [1.29, 1.82) is 0 Å². The quantitative estimate of drug-likeness (QED) is 0.743. The maximum Gasteiger partial charge on any atom is 0.256 e. The maximum absolute atomic E-state index is 12.6. The highest BCUT2D eigenvalue weighted by Crippen LogP contribution is 2.27. The number of anilines is 1. The molecule has 2 rings (SSSR count). The zero-order chi connectivity index (χ0) is 18.2. The van der Waals surface area contributed by atoms with Crippen molar-refractivity contribution in [2.45, 2.75) is 24.8 Å². The highest BCUT2D eigenvalue weighted by atomic mass is 32.2. The number of carbonyl (C=O) groups excluding carboxylic acids is 2. The van der Waals surface area contributed by atoms with Gasteiger partial charge in [0.2, 0.25) is 5.91 Å². The summed E-state index contributed by atoms with van der Waals surface area (Å²) in [5.41, 5.74) is 1.13. The molecule has 0 saturated carbocycles. The zero-order valence-electron chi connectivity index (χ0n) is 14.5. The number of methoxy groups -OCH3 is 1. The van der Waals surface area contributed by atoms with Crippen molar-refractivity contribution < 1.29 is 14.3 Å². The van der Waals surface area contributed by atoms with Gasteiger partial charge in [-0.3, -0.25) is 9.59 Å². The number of hydrogen-bond acceptors (Lipinski definition) is 4. The van der Waals surface area contributed by atoms with E-state index in [1.807, 2.05) is 38.1 Å². The number of hydrogen-bond donors (Lipinski definition) is 2. The topological polar surface area (TPSA) is 67.4 Å². The van der Waals surface area contributed by atoms with Crippen LogP contribution in [0.2, 0.25) is 0 Å². The number of para-hydroxylation sites is 2. The summed E-state index contributed by atoms with van der Waals surface area (Å²) in [7, 11) is 1.56. The SMILES string of the molecule is COc1ccccc1NC(=O)c1ccccc1SCC(=O)NC(C)C. The van der Waals surface area contributed by atoms with E-state index < -0.39 is 0 Å². The summed E-state index contributed by atoms with van der Waals surface area (Å²) in [4.78, 5) is 25.2. The molecule has 0 aliphatic rings. The Balaban J connectivity index is 2.11. The van der Waals surface area contributed by atoms with Crippen molar-refractivity contribution in [3.8, 4) is 5.75 Å². The fraction of sp³-hybridized carbons (Fsp3) is 0.263. The molecule has 0 aliphatic carbocycles. The number of ether oxygens (including phenoxy) is 1. The van der Waals surface area contributed by atoms with Gasteiger partial charge in [-0.1, -0.05) is 24.3 Å². The van der Waals surface area contributed by atoms with Crippen LogP contribution in [-0.4, -0.2) is 30.7 Å². The van der Waals surface area contributed by atoms with Crippen molar-refractivity contribution >= 4 is 29.3 Å². The Morgan fingerprint density at radius 1 is 1.08 bits per heavy atom. The van der Waals surface area contributed by atoms with E-state index in [2.05, 4.69) is 10.6 Å². The second-order valence-electron chi connectivity index (χ2n) is 5.66.